The molecular formula is C21H26FN3O. The summed E-state index contributed by atoms with van der Waals surface area (Å²) < 4.78 is 14.5. The summed E-state index contributed by atoms with van der Waals surface area (Å²) in [6.45, 7) is 2.21. The summed E-state index contributed by atoms with van der Waals surface area (Å²) in [5.74, 6) is -0.0705. The zero-order chi connectivity index (χ0) is 18.1. The van der Waals surface area contributed by atoms with Crippen molar-refractivity contribution in [3.63, 3.8) is 0 Å². The number of nitrogens with zero attached hydrogens (tertiary/aromatic N) is 3. The number of halogens is 1. The number of anilines is 1. The van der Waals surface area contributed by atoms with Crippen molar-refractivity contribution in [3.05, 3.63) is 29.6 Å². The monoisotopic (exact) mass is 355 g/mol. The van der Waals surface area contributed by atoms with Crippen molar-refractivity contribution in [2.75, 3.05) is 24.5 Å². The molecule has 1 aromatic carbocycles. The van der Waals surface area contributed by atoms with Gasteiger partial charge in [-0.15, -0.1) is 0 Å². The summed E-state index contributed by atoms with van der Waals surface area (Å²) in [4.78, 5) is 17.5. The third-order valence-corrected chi connectivity index (χ3v) is 6.56. The number of likely N-dealkylation sites (tertiary alicyclic amines) is 1. The minimum absolute atomic E-state index is 0.295. The molecule has 1 spiro atoms. The predicted octanol–water partition coefficient (Wildman–Crippen LogP) is 3.85. The Morgan fingerprint density at radius 1 is 1.12 bits per heavy atom. The molecule has 2 saturated heterocycles. The topological polar surface area (TPSA) is 47.3 Å². The highest BCUT2D eigenvalue weighted by atomic mass is 19.1. The Bertz CT molecular complexity index is 737. The van der Waals surface area contributed by atoms with Crippen LogP contribution in [0.5, 0.6) is 0 Å². The Balaban J connectivity index is 1.53. The van der Waals surface area contributed by atoms with Gasteiger partial charge < -0.3 is 9.80 Å². The molecule has 4 rings (SSSR count). The molecule has 0 aromatic heterocycles. The van der Waals surface area contributed by atoms with Gasteiger partial charge in [-0.05, 0) is 50.3 Å². The lowest BCUT2D eigenvalue weighted by Crippen LogP contribution is -2.50. The van der Waals surface area contributed by atoms with Crippen LogP contribution in [0.3, 0.4) is 0 Å². The second-order valence-electron chi connectivity index (χ2n) is 8.12. The van der Waals surface area contributed by atoms with Crippen LogP contribution in [-0.2, 0) is 4.79 Å². The Morgan fingerprint density at radius 2 is 1.92 bits per heavy atom. The van der Waals surface area contributed by atoms with Gasteiger partial charge in [0.1, 0.15) is 5.82 Å². The molecule has 1 unspecified atom stereocenters. The minimum atomic E-state index is -0.365. The van der Waals surface area contributed by atoms with Crippen molar-refractivity contribution in [3.8, 4) is 6.07 Å². The van der Waals surface area contributed by atoms with Crippen molar-refractivity contribution in [2.45, 2.75) is 57.4 Å². The Labute approximate surface area is 154 Å². The van der Waals surface area contributed by atoms with Crippen LogP contribution in [0.15, 0.2) is 18.2 Å². The van der Waals surface area contributed by atoms with Crippen molar-refractivity contribution < 1.29 is 9.18 Å². The van der Waals surface area contributed by atoms with E-state index >= 15 is 0 Å². The van der Waals surface area contributed by atoms with Crippen molar-refractivity contribution in [1.29, 1.82) is 5.26 Å². The first-order valence-electron chi connectivity index (χ1n) is 9.89. The fraction of sp³-hybridized carbons (Fsp3) is 0.619. The van der Waals surface area contributed by atoms with Gasteiger partial charge >= 0.3 is 0 Å². The molecule has 26 heavy (non-hydrogen) atoms. The summed E-state index contributed by atoms with van der Waals surface area (Å²) in [6, 6.07) is 7.03. The zero-order valence-electron chi connectivity index (χ0n) is 15.2. The van der Waals surface area contributed by atoms with E-state index in [1.165, 1.54) is 25.3 Å². The summed E-state index contributed by atoms with van der Waals surface area (Å²) in [6.07, 6.45) is 8.71. The van der Waals surface area contributed by atoms with Gasteiger partial charge in [0.2, 0.25) is 5.91 Å². The van der Waals surface area contributed by atoms with Crippen LogP contribution in [0.2, 0.25) is 0 Å². The van der Waals surface area contributed by atoms with E-state index in [4.69, 9.17) is 5.26 Å². The second-order valence-corrected chi connectivity index (χ2v) is 8.12. The van der Waals surface area contributed by atoms with Crippen LogP contribution in [0, 0.1) is 22.6 Å². The van der Waals surface area contributed by atoms with E-state index in [0.29, 0.717) is 29.7 Å². The highest BCUT2D eigenvalue weighted by Gasteiger charge is 2.50. The molecule has 1 amide bonds. The molecule has 3 fully saturated rings. The summed E-state index contributed by atoms with van der Waals surface area (Å²) >= 11 is 0. The first-order chi connectivity index (χ1) is 12.6. The molecule has 3 aliphatic rings. The number of carbonyl (C=O) groups is 1. The second kappa shape index (κ2) is 6.90. The fourth-order valence-corrected chi connectivity index (χ4v) is 5.14. The number of hydrogen-bond acceptors (Lipinski definition) is 3. The summed E-state index contributed by atoms with van der Waals surface area (Å²) in [7, 11) is 0. The number of amides is 1. The molecule has 138 valence electrons. The highest BCUT2D eigenvalue weighted by molar-refractivity contribution is 5.86. The average Bonchev–Trinajstić information content (AvgIpc) is 2.98. The number of piperidine rings is 1. The SMILES string of the molecule is N#Cc1ccc(N2CCCC3(CCN(C4CCCCC4)C3=O)C2)c(F)c1. The van der Waals surface area contributed by atoms with E-state index < -0.39 is 0 Å². The fourth-order valence-electron chi connectivity index (χ4n) is 5.14. The molecule has 4 nitrogen and oxygen atoms in total. The quantitative estimate of drug-likeness (QED) is 0.810. The molecule has 1 aromatic rings. The van der Waals surface area contributed by atoms with Crippen LogP contribution in [-0.4, -0.2) is 36.5 Å². The van der Waals surface area contributed by atoms with Crippen LogP contribution >= 0.6 is 0 Å². The molecule has 1 saturated carbocycles. The lowest BCUT2D eigenvalue weighted by Gasteiger charge is -2.41. The highest BCUT2D eigenvalue weighted by Crippen LogP contribution is 2.43. The Hall–Kier alpha value is -2.09. The van der Waals surface area contributed by atoms with Crippen molar-refractivity contribution in [1.82, 2.24) is 4.90 Å². The van der Waals surface area contributed by atoms with E-state index in [1.54, 1.807) is 12.1 Å². The number of nitriles is 1. The maximum atomic E-state index is 14.5. The molecule has 5 heteroatoms. The average molecular weight is 355 g/mol. The van der Waals surface area contributed by atoms with E-state index in [2.05, 4.69) is 4.90 Å². The van der Waals surface area contributed by atoms with Gasteiger partial charge in [0.15, 0.2) is 0 Å². The summed E-state index contributed by atoms with van der Waals surface area (Å²) in [5.41, 5.74) is 0.501. The molecule has 0 bridgehead atoms. The minimum Gasteiger partial charge on any atom is -0.368 e. The van der Waals surface area contributed by atoms with E-state index in [0.717, 1.165) is 45.2 Å². The molecule has 1 aliphatic carbocycles. The largest absolute Gasteiger partial charge is 0.368 e. The molecule has 1 atom stereocenters. The smallest absolute Gasteiger partial charge is 0.230 e. The maximum absolute atomic E-state index is 14.5. The van der Waals surface area contributed by atoms with Gasteiger partial charge in [0, 0.05) is 25.7 Å². The molecule has 2 aliphatic heterocycles. The maximum Gasteiger partial charge on any atom is 0.230 e. The lowest BCUT2D eigenvalue weighted by molar-refractivity contribution is -0.138. The molecule has 2 heterocycles. The summed E-state index contributed by atoms with van der Waals surface area (Å²) in [5, 5.41) is 8.94. The third-order valence-electron chi connectivity index (χ3n) is 6.56. The number of hydrogen-bond donors (Lipinski definition) is 0. The van der Waals surface area contributed by atoms with Gasteiger partial charge in [0.25, 0.3) is 0 Å². The van der Waals surface area contributed by atoms with E-state index in [1.807, 2.05) is 11.0 Å². The lowest BCUT2D eigenvalue weighted by atomic mass is 9.78. The Kier molecular flexibility index (Phi) is 4.60. The van der Waals surface area contributed by atoms with Crippen LogP contribution in [0.1, 0.15) is 56.9 Å². The number of carbonyl (C=O) groups excluding carboxylic acids is 1. The number of benzene rings is 1. The normalized spacial score (nSPS) is 27.2. The predicted molar refractivity (Wildman–Crippen MR) is 98.2 cm³/mol. The van der Waals surface area contributed by atoms with Crippen LogP contribution in [0.25, 0.3) is 0 Å². The molecule has 0 N–H and O–H groups in total. The van der Waals surface area contributed by atoms with Gasteiger partial charge in [-0.3, -0.25) is 4.79 Å². The third kappa shape index (κ3) is 2.96. The first kappa shape index (κ1) is 17.3. The Morgan fingerprint density at radius 3 is 2.65 bits per heavy atom. The van der Waals surface area contributed by atoms with Crippen molar-refractivity contribution in [2.24, 2.45) is 5.41 Å². The first-order valence-corrected chi connectivity index (χ1v) is 9.89. The van der Waals surface area contributed by atoms with E-state index in [9.17, 15) is 9.18 Å². The van der Waals surface area contributed by atoms with E-state index in [-0.39, 0.29) is 11.2 Å². The molecule has 0 radical (unpaired) electrons. The van der Waals surface area contributed by atoms with Crippen LogP contribution in [0.4, 0.5) is 10.1 Å². The van der Waals surface area contributed by atoms with Gasteiger partial charge in [-0.2, -0.15) is 5.26 Å². The van der Waals surface area contributed by atoms with Gasteiger partial charge in [-0.25, -0.2) is 4.39 Å². The van der Waals surface area contributed by atoms with Crippen LogP contribution < -0.4 is 4.90 Å². The van der Waals surface area contributed by atoms with Crippen molar-refractivity contribution >= 4 is 11.6 Å². The van der Waals surface area contributed by atoms with Gasteiger partial charge in [-0.1, -0.05) is 19.3 Å². The van der Waals surface area contributed by atoms with Gasteiger partial charge in [0.05, 0.1) is 22.7 Å². The standard InChI is InChI=1S/C21H26FN3O/c22-18-13-16(14-23)7-8-19(18)24-11-4-9-21(15-24)10-12-25(20(21)26)17-5-2-1-3-6-17/h7-8,13,17H,1-6,9-12,15H2. The zero-order valence-corrected chi connectivity index (χ0v) is 15.2. The number of rotatable bonds is 2. The molecular weight excluding hydrogens is 329 g/mol.